The highest BCUT2D eigenvalue weighted by Gasteiger charge is 2.22. The van der Waals surface area contributed by atoms with Gasteiger partial charge in [0.05, 0.1) is 0 Å². The molecule has 0 heterocycles. The number of benzene rings is 1. The van der Waals surface area contributed by atoms with E-state index in [9.17, 15) is 0 Å². The Hall–Kier alpha value is -0.820. The zero-order chi connectivity index (χ0) is 12.2. The normalized spacial score (nSPS) is 15.8. The molecule has 0 aliphatic carbocycles. The monoisotopic (exact) mass is 219 g/mol. The number of rotatable bonds is 4. The van der Waals surface area contributed by atoms with Crippen LogP contribution in [0.5, 0.6) is 0 Å². The van der Waals surface area contributed by atoms with Crippen molar-refractivity contribution in [2.24, 2.45) is 5.41 Å². The predicted molar refractivity (Wildman–Crippen MR) is 71.5 cm³/mol. The van der Waals surface area contributed by atoms with Crippen molar-refractivity contribution in [3.8, 4) is 0 Å². The molecule has 90 valence electrons. The number of hydrogen-bond acceptors (Lipinski definition) is 1. The first-order chi connectivity index (χ1) is 7.45. The molecular weight excluding hydrogens is 194 g/mol. The van der Waals surface area contributed by atoms with E-state index in [4.69, 9.17) is 0 Å². The molecule has 1 aromatic rings. The standard InChI is InChI=1S/C15H25N/c1-6-14(13-10-8-7-9-11-13)16-12(2)15(3,4)5/h7-12,14,16H,6H2,1-5H3. The van der Waals surface area contributed by atoms with Gasteiger partial charge in [0, 0.05) is 12.1 Å². The van der Waals surface area contributed by atoms with E-state index in [2.05, 4.69) is 70.3 Å². The fraction of sp³-hybridized carbons (Fsp3) is 0.600. The molecule has 0 aromatic heterocycles. The summed E-state index contributed by atoms with van der Waals surface area (Å²) < 4.78 is 0. The van der Waals surface area contributed by atoms with Gasteiger partial charge in [-0.25, -0.2) is 0 Å². The Morgan fingerprint density at radius 2 is 1.69 bits per heavy atom. The Morgan fingerprint density at radius 3 is 2.12 bits per heavy atom. The summed E-state index contributed by atoms with van der Waals surface area (Å²) in [6, 6.07) is 11.7. The fourth-order valence-electron chi connectivity index (χ4n) is 1.69. The van der Waals surface area contributed by atoms with Crippen LogP contribution in [0.2, 0.25) is 0 Å². The summed E-state index contributed by atoms with van der Waals surface area (Å²) in [6.45, 7) is 11.3. The van der Waals surface area contributed by atoms with Gasteiger partial charge in [-0.05, 0) is 24.3 Å². The molecule has 1 N–H and O–H groups in total. The molecule has 0 aliphatic rings. The van der Waals surface area contributed by atoms with E-state index in [1.54, 1.807) is 0 Å². The van der Waals surface area contributed by atoms with E-state index in [0.717, 1.165) is 6.42 Å². The lowest BCUT2D eigenvalue weighted by Gasteiger charge is -2.32. The van der Waals surface area contributed by atoms with Crippen LogP contribution < -0.4 is 5.32 Å². The van der Waals surface area contributed by atoms with Crippen LogP contribution in [0.4, 0.5) is 0 Å². The Balaban J connectivity index is 2.70. The highest BCUT2D eigenvalue weighted by molar-refractivity contribution is 5.18. The third kappa shape index (κ3) is 3.64. The van der Waals surface area contributed by atoms with Crippen LogP contribution in [0.1, 0.15) is 52.6 Å². The van der Waals surface area contributed by atoms with Crippen LogP contribution in [0.15, 0.2) is 30.3 Å². The van der Waals surface area contributed by atoms with Gasteiger partial charge in [0.2, 0.25) is 0 Å². The van der Waals surface area contributed by atoms with Crippen molar-refractivity contribution in [1.82, 2.24) is 5.32 Å². The molecule has 0 fully saturated rings. The Labute approximate surface area is 100 Å². The molecule has 0 amide bonds. The van der Waals surface area contributed by atoms with Crippen LogP contribution in [-0.2, 0) is 0 Å². The zero-order valence-corrected chi connectivity index (χ0v) is 11.2. The quantitative estimate of drug-likeness (QED) is 0.801. The second-order valence-corrected chi connectivity index (χ2v) is 5.63. The lowest BCUT2D eigenvalue weighted by molar-refractivity contribution is 0.260. The molecule has 0 saturated heterocycles. The Bertz CT molecular complexity index is 297. The summed E-state index contributed by atoms with van der Waals surface area (Å²) in [6.07, 6.45) is 1.13. The maximum absolute atomic E-state index is 3.72. The first-order valence-corrected chi connectivity index (χ1v) is 6.26. The lowest BCUT2D eigenvalue weighted by Crippen LogP contribution is -2.39. The summed E-state index contributed by atoms with van der Waals surface area (Å²) in [5.41, 5.74) is 1.70. The second kappa shape index (κ2) is 5.49. The van der Waals surface area contributed by atoms with Gasteiger partial charge in [-0.15, -0.1) is 0 Å². The van der Waals surface area contributed by atoms with Gasteiger partial charge in [0.1, 0.15) is 0 Å². The summed E-state index contributed by atoms with van der Waals surface area (Å²) in [5, 5.41) is 3.72. The smallest absolute Gasteiger partial charge is 0.0320 e. The molecule has 1 heteroatoms. The number of hydrogen-bond donors (Lipinski definition) is 1. The average molecular weight is 219 g/mol. The first-order valence-electron chi connectivity index (χ1n) is 6.26. The van der Waals surface area contributed by atoms with E-state index < -0.39 is 0 Å². The fourth-order valence-corrected chi connectivity index (χ4v) is 1.69. The summed E-state index contributed by atoms with van der Waals surface area (Å²) in [4.78, 5) is 0. The topological polar surface area (TPSA) is 12.0 Å². The van der Waals surface area contributed by atoms with E-state index in [0.29, 0.717) is 17.5 Å². The van der Waals surface area contributed by atoms with Gasteiger partial charge in [-0.1, -0.05) is 58.0 Å². The summed E-state index contributed by atoms with van der Waals surface area (Å²) in [7, 11) is 0. The minimum absolute atomic E-state index is 0.308. The van der Waals surface area contributed by atoms with Gasteiger partial charge in [-0.3, -0.25) is 0 Å². The van der Waals surface area contributed by atoms with Crippen LogP contribution in [0.3, 0.4) is 0 Å². The highest BCUT2D eigenvalue weighted by atomic mass is 15.0. The van der Waals surface area contributed by atoms with Crippen LogP contribution in [0, 0.1) is 5.41 Å². The lowest BCUT2D eigenvalue weighted by atomic mass is 9.87. The largest absolute Gasteiger partial charge is 0.307 e. The molecule has 2 atom stereocenters. The number of nitrogens with one attached hydrogen (secondary N) is 1. The van der Waals surface area contributed by atoms with Gasteiger partial charge in [0.25, 0.3) is 0 Å². The molecule has 1 nitrogen and oxygen atoms in total. The van der Waals surface area contributed by atoms with Crippen molar-refractivity contribution >= 4 is 0 Å². The van der Waals surface area contributed by atoms with Gasteiger partial charge in [-0.2, -0.15) is 0 Å². The molecule has 0 saturated carbocycles. The minimum atomic E-state index is 0.308. The molecular formula is C15H25N. The van der Waals surface area contributed by atoms with Gasteiger partial charge in [0.15, 0.2) is 0 Å². The molecule has 0 bridgehead atoms. The molecule has 0 aliphatic heterocycles. The second-order valence-electron chi connectivity index (χ2n) is 5.63. The maximum atomic E-state index is 3.72. The van der Waals surface area contributed by atoms with Crippen LogP contribution >= 0.6 is 0 Å². The van der Waals surface area contributed by atoms with E-state index in [1.807, 2.05) is 0 Å². The summed E-state index contributed by atoms with van der Waals surface area (Å²) in [5.74, 6) is 0. The van der Waals surface area contributed by atoms with Crippen LogP contribution in [-0.4, -0.2) is 6.04 Å². The average Bonchev–Trinajstić information content (AvgIpc) is 2.25. The molecule has 16 heavy (non-hydrogen) atoms. The van der Waals surface area contributed by atoms with E-state index >= 15 is 0 Å². The van der Waals surface area contributed by atoms with Crippen molar-refractivity contribution in [3.05, 3.63) is 35.9 Å². The third-order valence-corrected chi connectivity index (χ3v) is 3.36. The van der Waals surface area contributed by atoms with E-state index in [-0.39, 0.29) is 0 Å². The maximum Gasteiger partial charge on any atom is 0.0320 e. The highest BCUT2D eigenvalue weighted by Crippen LogP contribution is 2.24. The summed E-state index contributed by atoms with van der Waals surface area (Å²) >= 11 is 0. The van der Waals surface area contributed by atoms with E-state index in [1.165, 1.54) is 5.56 Å². The minimum Gasteiger partial charge on any atom is -0.307 e. The molecule has 1 rings (SSSR count). The van der Waals surface area contributed by atoms with Crippen molar-refractivity contribution in [2.45, 2.75) is 53.1 Å². The Morgan fingerprint density at radius 1 is 1.12 bits per heavy atom. The van der Waals surface area contributed by atoms with Crippen LogP contribution in [0.25, 0.3) is 0 Å². The molecule has 2 unspecified atom stereocenters. The first kappa shape index (κ1) is 13.2. The van der Waals surface area contributed by atoms with Crippen molar-refractivity contribution < 1.29 is 0 Å². The Kier molecular flexibility index (Phi) is 4.55. The van der Waals surface area contributed by atoms with Crippen molar-refractivity contribution in [2.75, 3.05) is 0 Å². The van der Waals surface area contributed by atoms with Crippen molar-refractivity contribution in [1.29, 1.82) is 0 Å². The van der Waals surface area contributed by atoms with Crippen molar-refractivity contribution in [3.63, 3.8) is 0 Å². The van der Waals surface area contributed by atoms with Gasteiger partial charge >= 0.3 is 0 Å². The molecule has 0 spiro atoms. The SMILES string of the molecule is CCC(NC(C)C(C)(C)C)c1ccccc1. The van der Waals surface area contributed by atoms with Gasteiger partial charge < -0.3 is 5.32 Å². The molecule has 1 aromatic carbocycles. The third-order valence-electron chi connectivity index (χ3n) is 3.36. The zero-order valence-electron chi connectivity index (χ0n) is 11.2. The predicted octanol–water partition coefficient (Wildman–Crippen LogP) is 4.16. The molecule has 0 radical (unpaired) electrons.